The number of carbonyl (C=O) groups is 1. The third-order valence-electron chi connectivity index (χ3n) is 2.98. The number of aromatic carboxylic acids is 1. The van der Waals surface area contributed by atoms with E-state index in [-0.39, 0.29) is 11.1 Å². The third kappa shape index (κ3) is 3.98. The summed E-state index contributed by atoms with van der Waals surface area (Å²) in [5.41, 5.74) is -2.63. The highest BCUT2D eigenvalue weighted by Gasteiger charge is 2.34. The van der Waals surface area contributed by atoms with E-state index in [4.69, 9.17) is 5.11 Å². The van der Waals surface area contributed by atoms with Crippen LogP contribution in [0.2, 0.25) is 0 Å². The first-order chi connectivity index (χ1) is 11.0. The number of halogens is 6. The zero-order valence-corrected chi connectivity index (χ0v) is 11.6. The van der Waals surface area contributed by atoms with Gasteiger partial charge in [0, 0.05) is 5.56 Å². The summed E-state index contributed by atoms with van der Waals surface area (Å²) in [6.45, 7) is 0. The van der Waals surface area contributed by atoms with Crippen LogP contribution in [-0.2, 0) is 6.18 Å². The fraction of sp³-hybridized carbons (Fsp3) is 0.133. The van der Waals surface area contributed by atoms with Gasteiger partial charge in [-0.15, -0.1) is 13.2 Å². The van der Waals surface area contributed by atoms with Crippen molar-refractivity contribution in [3.05, 3.63) is 53.6 Å². The Bertz CT molecular complexity index is 765. The van der Waals surface area contributed by atoms with Crippen LogP contribution in [0.25, 0.3) is 11.1 Å². The Labute approximate surface area is 131 Å². The van der Waals surface area contributed by atoms with E-state index in [0.29, 0.717) is 12.1 Å². The molecule has 0 aromatic heterocycles. The first-order valence-corrected chi connectivity index (χ1v) is 6.29. The third-order valence-corrected chi connectivity index (χ3v) is 2.98. The number of carboxylic acids is 1. The van der Waals surface area contributed by atoms with Crippen LogP contribution in [0, 0.1) is 0 Å². The van der Waals surface area contributed by atoms with Gasteiger partial charge in [-0.2, -0.15) is 13.2 Å². The largest absolute Gasteiger partial charge is 0.573 e. The maximum atomic E-state index is 12.7. The van der Waals surface area contributed by atoms with Gasteiger partial charge in [0.05, 0.1) is 11.1 Å². The van der Waals surface area contributed by atoms with Crippen molar-refractivity contribution in [3.63, 3.8) is 0 Å². The normalized spacial score (nSPS) is 12.1. The number of carboxylic acid groups (broad SMARTS) is 1. The Balaban J connectivity index is 2.63. The van der Waals surface area contributed by atoms with Crippen molar-refractivity contribution in [2.24, 2.45) is 0 Å². The second-order valence-electron chi connectivity index (χ2n) is 4.61. The zero-order chi connectivity index (χ0) is 18.1. The van der Waals surface area contributed by atoms with Crippen LogP contribution in [0.4, 0.5) is 26.3 Å². The topological polar surface area (TPSA) is 46.5 Å². The van der Waals surface area contributed by atoms with Gasteiger partial charge < -0.3 is 9.84 Å². The van der Waals surface area contributed by atoms with Gasteiger partial charge in [0.25, 0.3) is 0 Å². The lowest BCUT2D eigenvalue weighted by molar-refractivity contribution is -0.274. The molecule has 0 aliphatic heterocycles. The average molecular weight is 350 g/mol. The highest BCUT2D eigenvalue weighted by atomic mass is 19.4. The molecule has 9 heteroatoms. The molecule has 2 aromatic rings. The lowest BCUT2D eigenvalue weighted by atomic mass is 9.96. The highest BCUT2D eigenvalue weighted by molar-refractivity contribution is 5.97. The van der Waals surface area contributed by atoms with E-state index in [9.17, 15) is 31.1 Å². The number of hydrogen-bond acceptors (Lipinski definition) is 2. The van der Waals surface area contributed by atoms with Gasteiger partial charge in [0.15, 0.2) is 0 Å². The summed E-state index contributed by atoms with van der Waals surface area (Å²) >= 11 is 0. The summed E-state index contributed by atoms with van der Waals surface area (Å²) in [6, 6.07) is 6.33. The second kappa shape index (κ2) is 6.06. The second-order valence-corrected chi connectivity index (χ2v) is 4.61. The van der Waals surface area contributed by atoms with Crippen LogP contribution < -0.4 is 4.74 Å². The zero-order valence-electron chi connectivity index (χ0n) is 11.6. The molecule has 0 atom stereocenters. The first kappa shape index (κ1) is 17.6. The molecule has 0 aliphatic carbocycles. The summed E-state index contributed by atoms with van der Waals surface area (Å²) in [6.07, 6.45) is -9.82. The fourth-order valence-corrected chi connectivity index (χ4v) is 2.04. The summed E-state index contributed by atoms with van der Waals surface area (Å²) in [5.74, 6) is -2.43. The van der Waals surface area contributed by atoms with Gasteiger partial charge in [-0.3, -0.25) is 0 Å². The van der Waals surface area contributed by atoms with Gasteiger partial charge in [0.2, 0.25) is 0 Å². The molecule has 1 N–H and O–H groups in total. The minimum Gasteiger partial charge on any atom is -0.478 e. The molecule has 24 heavy (non-hydrogen) atoms. The standard InChI is InChI=1S/C15H8F6O3/c16-14(17,18)8-5-6-9(11(7-8)13(22)23)10-3-1-2-4-12(10)24-15(19,20)21/h1-7H,(H,22,23). The summed E-state index contributed by atoms with van der Waals surface area (Å²) < 4.78 is 79.2. The maximum Gasteiger partial charge on any atom is 0.573 e. The van der Waals surface area contributed by atoms with Crippen LogP contribution in [0.15, 0.2) is 42.5 Å². The molecule has 0 radical (unpaired) electrons. The molecule has 0 aliphatic rings. The van der Waals surface area contributed by atoms with E-state index < -0.39 is 35.4 Å². The molecule has 2 aromatic carbocycles. The van der Waals surface area contributed by atoms with Crippen molar-refractivity contribution in [1.82, 2.24) is 0 Å². The Morgan fingerprint density at radius 3 is 2.08 bits per heavy atom. The molecule has 0 bridgehead atoms. The molecule has 0 spiro atoms. The Morgan fingerprint density at radius 2 is 1.54 bits per heavy atom. The quantitative estimate of drug-likeness (QED) is 0.795. The lowest BCUT2D eigenvalue weighted by Gasteiger charge is -2.16. The van der Waals surface area contributed by atoms with Crippen molar-refractivity contribution in [1.29, 1.82) is 0 Å². The smallest absolute Gasteiger partial charge is 0.478 e. The molecule has 0 saturated heterocycles. The van der Waals surface area contributed by atoms with E-state index in [2.05, 4.69) is 4.74 Å². The fourth-order valence-electron chi connectivity index (χ4n) is 2.04. The molecule has 3 nitrogen and oxygen atoms in total. The number of benzene rings is 2. The minimum atomic E-state index is -5.04. The number of alkyl halides is 6. The molecule has 0 fully saturated rings. The Hall–Kier alpha value is -2.71. The van der Waals surface area contributed by atoms with Gasteiger partial charge in [-0.1, -0.05) is 24.3 Å². The average Bonchev–Trinajstić information content (AvgIpc) is 2.44. The minimum absolute atomic E-state index is 0.291. The van der Waals surface area contributed by atoms with E-state index in [0.717, 1.165) is 18.2 Å². The van der Waals surface area contributed by atoms with Crippen molar-refractivity contribution >= 4 is 5.97 Å². The summed E-state index contributed by atoms with van der Waals surface area (Å²) in [5, 5.41) is 9.11. The van der Waals surface area contributed by atoms with Gasteiger partial charge in [0.1, 0.15) is 5.75 Å². The molecule has 128 valence electrons. The van der Waals surface area contributed by atoms with E-state index in [1.807, 2.05) is 0 Å². The molecule has 0 heterocycles. The maximum absolute atomic E-state index is 12.7. The van der Waals surface area contributed by atoms with Crippen LogP contribution >= 0.6 is 0 Å². The van der Waals surface area contributed by atoms with E-state index in [1.165, 1.54) is 12.1 Å². The SMILES string of the molecule is O=C(O)c1cc(C(F)(F)F)ccc1-c1ccccc1OC(F)(F)F. The summed E-state index contributed by atoms with van der Waals surface area (Å²) in [4.78, 5) is 11.2. The van der Waals surface area contributed by atoms with E-state index >= 15 is 0 Å². The van der Waals surface area contributed by atoms with Crippen molar-refractivity contribution in [3.8, 4) is 16.9 Å². The van der Waals surface area contributed by atoms with Gasteiger partial charge >= 0.3 is 18.5 Å². The predicted octanol–water partition coefficient (Wildman–Crippen LogP) is 4.97. The summed E-state index contributed by atoms with van der Waals surface area (Å²) in [7, 11) is 0. The van der Waals surface area contributed by atoms with Crippen molar-refractivity contribution in [2.75, 3.05) is 0 Å². The van der Waals surface area contributed by atoms with Crippen LogP contribution in [0.5, 0.6) is 5.75 Å². The Morgan fingerprint density at radius 1 is 0.917 bits per heavy atom. The lowest BCUT2D eigenvalue weighted by Crippen LogP contribution is -2.17. The molecule has 0 amide bonds. The van der Waals surface area contributed by atoms with Gasteiger partial charge in [-0.05, 0) is 23.8 Å². The number of hydrogen-bond donors (Lipinski definition) is 1. The van der Waals surface area contributed by atoms with Crippen LogP contribution in [0.1, 0.15) is 15.9 Å². The number of ether oxygens (including phenoxy) is 1. The first-order valence-electron chi connectivity index (χ1n) is 6.29. The van der Waals surface area contributed by atoms with Crippen molar-refractivity contribution in [2.45, 2.75) is 12.5 Å². The monoisotopic (exact) mass is 350 g/mol. The predicted molar refractivity (Wildman–Crippen MR) is 70.5 cm³/mol. The van der Waals surface area contributed by atoms with Crippen LogP contribution in [0.3, 0.4) is 0 Å². The molecular weight excluding hydrogens is 342 g/mol. The van der Waals surface area contributed by atoms with Gasteiger partial charge in [-0.25, -0.2) is 4.79 Å². The van der Waals surface area contributed by atoms with E-state index in [1.54, 1.807) is 0 Å². The number of rotatable bonds is 3. The van der Waals surface area contributed by atoms with Crippen molar-refractivity contribution < 1.29 is 41.0 Å². The molecule has 2 rings (SSSR count). The molecular formula is C15H8F6O3. The highest BCUT2D eigenvalue weighted by Crippen LogP contribution is 2.38. The number of para-hydroxylation sites is 1. The molecule has 0 unspecified atom stereocenters. The molecule has 0 saturated carbocycles. The Kier molecular flexibility index (Phi) is 4.46. The van der Waals surface area contributed by atoms with Crippen LogP contribution in [-0.4, -0.2) is 17.4 Å².